The van der Waals surface area contributed by atoms with Crippen LogP contribution < -0.4 is 0 Å². The maximum Gasteiger partial charge on any atom is 0.321 e. The summed E-state index contributed by atoms with van der Waals surface area (Å²) in [5.74, 6) is -0.682. The Morgan fingerprint density at radius 3 is 2.62 bits per heavy atom. The molecule has 206 valence electrons. The van der Waals surface area contributed by atoms with Gasteiger partial charge in [0.2, 0.25) is 0 Å². The van der Waals surface area contributed by atoms with E-state index in [1.54, 1.807) is 12.1 Å². The number of para-hydroxylation sites is 1. The van der Waals surface area contributed by atoms with Crippen LogP contribution >= 0.6 is 23.2 Å². The Labute approximate surface area is 242 Å². The van der Waals surface area contributed by atoms with Gasteiger partial charge in [-0.05, 0) is 67.5 Å². The van der Waals surface area contributed by atoms with Crippen LogP contribution in [0.2, 0.25) is 10.0 Å². The van der Waals surface area contributed by atoms with Crippen LogP contribution in [0.25, 0.3) is 21.8 Å². The van der Waals surface area contributed by atoms with Crippen molar-refractivity contribution in [3.63, 3.8) is 0 Å². The number of pyridine rings is 1. The molecule has 2 aromatic carbocycles. The second-order valence-corrected chi connectivity index (χ2v) is 11.4. The van der Waals surface area contributed by atoms with Gasteiger partial charge in [-0.1, -0.05) is 41.4 Å². The lowest BCUT2D eigenvalue weighted by Gasteiger charge is -2.33. The number of aromatic nitrogens is 2. The summed E-state index contributed by atoms with van der Waals surface area (Å²) in [6.07, 6.45) is 5.78. The summed E-state index contributed by atoms with van der Waals surface area (Å²) in [4.78, 5) is 30.2. The van der Waals surface area contributed by atoms with Gasteiger partial charge in [-0.15, -0.1) is 0 Å². The average molecular weight is 578 g/mol. The van der Waals surface area contributed by atoms with E-state index in [0.29, 0.717) is 36.0 Å². The maximum absolute atomic E-state index is 12.2. The van der Waals surface area contributed by atoms with Crippen molar-refractivity contribution in [2.45, 2.75) is 51.2 Å². The number of carbonyl (C=O) groups excluding carboxylic acids is 1. The highest BCUT2D eigenvalue weighted by molar-refractivity contribution is 6.33. The molecule has 1 N–H and O–H groups in total. The van der Waals surface area contributed by atoms with Gasteiger partial charge in [0, 0.05) is 58.3 Å². The molecule has 0 amide bonds. The first-order valence-electron chi connectivity index (χ1n) is 13.5. The zero-order valence-corrected chi connectivity index (χ0v) is 23.5. The SMILES string of the molecule is N#CC1CCC(CN(Cc2cc3c4ccccc4n(Cc4cc(Cl)ccc4Cl)c3cn2)C(CC=O)C(=O)O)CC1. The number of halogens is 2. The van der Waals surface area contributed by atoms with Gasteiger partial charge in [0.25, 0.3) is 0 Å². The topological polar surface area (TPSA) is 99.2 Å². The van der Waals surface area contributed by atoms with E-state index in [0.717, 1.165) is 58.7 Å². The molecular formula is C31H30Cl2N4O3. The lowest BCUT2D eigenvalue weighted by Crippen LogP contribution is -2.44. The number of carboxylic acid groups (broad SMARTS) is 1. The van der Waals surface area contributed by atoms with Crippen LogP contribution in [-0.4, -0.2) is 44.4 Å². The quantitative estimate of drug-likeness (QED) is 0.210. The van der Waals surface area contributed by atoms with Crippen molar-refractivity contribution < 1.29 is 14.7 Å². The van der Waals surface area contributed by atoms with Crippen molar-refractivity contribution in [2.24, 2.45) is 11.8 Å². The van der Waals surface area contributed by atoms with Crippen LogP contribution in [0.3, 0.4) is 0 Å². The molecule has 1 fully saturated rings. The average Bonchev–Trinajstić information content (AvgIpc) is 3.26. The number of hydrogen-bond donors (Lipinski definition) is 1. The molecule has 1 aliphatic carbocycles. The number of nitriles is 1. The zero-order valence-electron chi connectivity index (χ0n) is 22.0. The number of aldehydes is 1. The summed E-state index contributed by atoms with van der Waals surface area (Å²) in [5, 5.41) is 22.5. The fraction of sp³-hybridized carbons (Fsp3) is 0.355. The Balaban J connectivity index is 1.49. The van der Waals surface area contributed by atoms with Gasteiger partial charge in [0.05, 0.1) is 23.5 Å². The molecule has 0 aliphatic heterocycles. The third-order valence-corrected chi connectivity index (χ3v) is 8.59. The molecule has 9 heteroatoms. The van der Waals surface area contributed by atoms with Crippen LogP contribution in [0, 0.1) is 23.2 Å². The van der Waals surface area contributed by atoms with Crippen molar-refractivity contribution >= 4 is 57.3 Å². The second kappa shape index (κ2) is 12.4. The minimum Gasteiger partial charge on any atom is -0.480 e. The molecular weight excluding hydrogens is 547 g/mol. The zero-order chi connectivity index (χ0) is 28.2. The monoisotopic (exact) mass is 576 g/mol. The highest BCUT2D eigenvalue weighted by atomic mass is 35.5. The number of hydrogen-bond acceptors (Lipinski definition) is 5. The van der Waals surface area contributed by atoms with Gasteiger partial charge in [0.15, 0.2) is 0 Å². The van der Waals surface area contributed by atoms with Crippen molar-refractivity contribution in [3.8, 4) is 6.07 Å². The van der Waals surface area contributed by atoms with Gasteiger partial charge < -0.3 is 14.5 Å². The number of carboxylic acids is 1. The van der Waals surface area contributed by atoms with Crippen molar-refractivity contribution in [3.05, 3.63) is 76.0 Å². The lowest BCUT2D eigenvalue weighted by atomic mass is 9.82. The largest absolute Gasteiger partial charge is 0.480 e. The number of aliphatic carboxylic acids is 1. The van der Waals surface area contributed by atoms with Crippen molar-refractivity contribution in [1.29, 1.82) is 5.26 Å². The first kappa shape index (κ1) is 28.1. The molecule has 0 radical (unpaired) electrons. The van der Waals surface area contributed by atoms with Crippen LogP contribution in [0.5, 0.6) is 0 Å². The van der Waals surface area contributed by atoms with Gasteiger partial charge in [-0.25, -0.2) is 0 Å². The Hall–Kier alpha value is -3.44. The number of rotatable bonds is 10. The highest BCUT2D eigenvalue weighted by Crippen LogP contribution is 2.33. The first-order valence-corrected chi connectivity index (χ1v) is 14.2. The van der Waals surface area contributed by atoms with E-state index in [1.165, 1.54) is 0 Å². The molecule has 1 unspecified atom stereocenters. The minimum absolute atomic E-state index is 0.0677. The molecule has 2 heterocycles. The third-order valence-electron chi connectivity index (χ3n) is 7.98. The Morgan fingerprint density at radius 1 is 1.12 bits per heavy atom. The predicted molar refractivity (Wildman–Crippen MR) is 156 cm³/mol. The summed E-state index contributed by atoms with van der Waals surface area (Å²) in [7, 11) is 0. The smallest absolute Gasteiger partial charge is 0.321 e. The summed E-state index contributed by atoms with van der Waals surface area (Å²) in [6, 6.07) is 17.0. The number of benzene rings is 2. The molecule has 0 saturated heterocycles. The minimum atomic E-state index is -1.02. The van der Waals surface area contributed by atoms with Gasteiger partial charge in [0.1, 0.15) is 12.3 Å². The van der Waals surface area contributed by atoms with Crippen LogP contribution in [-0.2, 0) is 22.7 Å². The molecule has 4 aromatic rings. The Bertz CT molecular complexity index is 1590. The molecule has 40 heavy (non-hydrogen) atoms. The fourth-order valence-electron chi connectivity index (χ4n) is 5.89. The normalized spacial score (nSPS) is 18.1. The number of carbonyl (C=O) groups is 2. The van der Waals surface area contributed by atoms with Gasteiger partial charge in [-0.3, -0.25) is 14.7 Å². The van der Waals surface area contributed by atoms with Crippen molar-refractivity contribution in [2.75, 3.05) is 6.54 Å². The fourth-order valence-corrected chi connectivity index (χ4v) is 6.27. The molecule has 1 saturated carbocycles. The first-order chi connectivity index (χ1) is 19.4. The number of fused-ring (bicyclic) bond motifs is 3. The third kappa shape index (κ3) is 6.00. The summed E-state index contributed by atoms with van der Waals surface area (Å²) >= 11 is 12.7. The van der Waals surface area contributed by atoms with E-state index < -0.39 is 12.0 Å². The van der Waals surface area contributed by atoms with Crippen LogP contribution in [0.1, 0.15) is 43.4 Å². The summed E-state index contributed by atoms with van der Waals surface area (Å²) in [6.45, 7) is 1.36. The Morgan fingerprint density at radius 2 is 1.90 bits per heavy atom. The van der Waals surface area contributed by atoms with Crippen LogP contribution in [0.15, 0.2) is 54.7 Å². The highest BCUT2D eigenvalue weighted by Gasteiger charge is 2.30. The molecule has 0 bridgehead atoms. The van der Waals surface area contributed by atoms with E-state index in [1.807, 2.05) is 35.4 Å². The second-order valence-electron chi connectivity index (χ2n) is 10.6. The number of nitrogens with zero attached hydrogens (tertiary/aromatic N) is 4. The van der Waals surface area contributed by atoms with E-state index >= 15 is 0 Å². The van der Waals surface area contributed by atoms with Crippen molar-refractivity contribution in [1.82, 2.24) is 14.5 Å². The maximum atomic E-state index is 12.2. The summed E-state index contributed by atoms with van der Waals surface area (Å²) in [5.41, 5.74) is 3.60. The molecule has 1 atom stereocenters. The lowest BCUT2D eigenvalue weighted by molar-refractivity contribution is -0.145. The van der Waals surface area contributed by atoms with E-state index in [4.69, 9.17) is 28.2 Å². The van der Waals surface area contributed by atoms with E-state index in [9.17, 15) is 20.0 Å². The van der Waals surface area contributed by atoms with Gasteiger partial charge >= 0.3 is 5.97 Å². The van der Waals surface area contributed by atoms with Crippen LogP contribution in [0.4, 0.5) is 0 Å². The van der Waals surface area contributed by atoms with Gasteiger partial charge in [-0.2, -0.15) is 5.26 Å². The predicted octanol–water partition coefficient (Wildman–Crippen LogP) is 6.72. The summed E-state index contributed by atoms with van der Waals surface area (Å²) < 4.78 is 2.16. The molecule has 1 aliphatic rings. The van der Waals surface area contributed by atoms with E-state index in [2.05, 4.69) is 22.8 Å². The molecule has 2 aromatic heterocycles. The molecule has 0 spiro atoms. The van der Waals surface area contributed by atoms with E-state index in [-0.39, 0.29) is 18.3 Å². The molecule has 7 nitrogen and oxygen atoms in total. The Kier molecular flexibility index (Phi) is 8.70. The standard InChI is InChI=1S/C31H30Cl2N4O3/c32-23-9-10-27(33)22(13-23)18-37-28-4-2-1-3-25(28)26-14-24(35-16-30(26)37)19-36(29(11-12-38)31(39)40)17-21-7-5-20(15-34)6-8-21/h1-4,9-10,12-14,16,20-21,29H,5-8,11,17-19H2,(H,39,40). The molecule has 5 rings (SSSR count).